The second kappa shape index (κ2) is 4.81. The zero-order chi connectivity index (χ0) is 15.1. The number of aliphatic hydroxyl groups excluding tert-OH is 1. The second-order valence-electron chi connectivity index (χ2n) is 5.05. The van der Waals surface area contributed by atoms with E-state index < -0.39 is 0 Å². The van der Waals surface area contributed by atoms with Crippen molar-refractivity contribution in [2.45, 2.75) is 6.54 Å². The number of rotatable bonds is 3. The van der Waals surface area contributed by atoms with Crippen LogP contribution in [-0.2, 0) is 6.54 Å². The third kappa shape index (κ3) is 1.83. The Morgan fingerprint density at radius 1 is 1.23 bits per heavy atom. The van der Waals surface area contributed by atoms with Gasteiger partial charge in [0.1, 0.15) is 5.82 Å². The quantitative estimate of drug-likeness (QED) is 0.531. The molecule has 0 bridgehead atoms. The highest BCUT2D eigenvalue weighted by Crippen LogP contribution is 2.30. The molecule has 0 spiro atoms. The van der Waals surface area contributed by atoms with Crippen LogP contribution in [0.5, 0.6) is 0 Å². The van der Waals surface area contributed by atoms with Crippen LogP contribution >= 0.6 is 0 Å². The minimum absolute atomic E-state index is 0.0206. The molecule has 4 N–H and O–H groups in total. The van der Waals surface area contributed by atoms with E-state index in [1.165, 1.54) is 0 Å². The Bertz CT molecular complexity index is 957. The Kier molecular flexibility index (Phi) is 2.80. The summed E-state index contributed by atoms with van der Waals surface area (Å²) >= 11 is 0. The van der Waals surface area contributed by atoms with Gasteiger partial charge in [0.05, 0.1) is 41.5 Å². The van der Waals surface area contributed by atoms with Crippen LogP contribution in [0.1, 0.15) is 0 Å². The predicted molar refractivity (Wildman–Crippen MR) is 84.1 cm³/mol. The van der Waals surface area contributed by atoms with E-state index >= 15 is 0 Å². The summed E-state index contributed by atoms with van der Waals surface area (Å²) in [6, 6.07) is 7.87. The topological polar surface area (TPSA) is 106 Å². The van der Waals surface area contributed by atoms with E-state index in [4.69, 9.17) is 5.73 Å². The van der Waals surface area contributed by atoms with Crippen molar-refractivity contribution in [2.24, 2.45) is 0 Å². The van der Waals surface area contributed by atoms with Crippen molar-refractivity contribution in [3.63, 3.8) is 0 Å². The summed E-state index contributed by atoms with van der Waals surface area (Å²) < 4.78 is 1.76. The molecule has 0 saturated carbocycles. The number of fused-ring (bicyclic) bond motifs is 3. The molecule has 4 rings (SSSR count). The Morgan fingerprint density at radius 3 is 2.91 bits per heavy atom. The number of aromatic nitrogens is 5. The maximum Gasteiger partial charge on any atom is 0.135 e. The number of nitrogens with one attached hydrogen (secondary N) is 1. The van der Waals surface area contributed by atoms with Gasteiger partial charge < -0.3 is 10.8 Å². The molecule has 3 heterocycles. The monoisotopic (exact) mass is 294 g/mol. The highest BCUT2D eigenvalue weighted by atomic mass is 16.3. The molecule has 4 aromatic rings. The molecule has 0 aliphatic heterocycles. The first-order chi connectivity index (χ1) is 10.8. The van der Waals surface area contributed by atoms with Gasteiger partial charge in [0.25, 0.3) is 0 Å². The number of hydrogen-bond acceptors (Lipinski definition) is 5. The van der Waals surface area contributed by atoms with Crippen LogP contribution in [0.25, 0.3) is 33.1 Å². The van der Waals surface area contributed by atoms with Gasteiger partial charge in [0, 0.05) is 17.1 Å². The van der Waals surface area contributed by atoms with Gasteiger partial charge in [-0.25, -0.2) is 4.98 Å². The summed E-state index contributed by atoms with van der Waals surface area (Å²) in [6.07, 6.45) is 3.40. The number of H-pyrrole nitrogens is 1. The van der Waals surface area contributed by atoms with Crippen molar-refractivity contribution in [2.75, 3.05) is 12.3 Å². The van der Waals surface area contributed by atoms with Gasteiger partial charge in [-0.15, -0.1) is 0 Å². The molecule has 110 valence electrons. The van der Waals surface area contributed by atoms with Crippen molar-refractivity contribution in [3.8, 4) is 11.3 Å². The first kappa shape index (κ1) is 12.8. The lowest BCUT2D eigenvalue weighted by Crippen LogP contribution is -2.04. The first-order valence-corrected chi connectivity index (χ1v) is 6.93. The zero-order valence-corrected chi connectivity index (χ0v) is 11.7. The number of anilines is 1. The van der Waals surface area contributed by atoms with Crippen molar-refractivity contribution in [1.82, 2.24) is 25.0 Å². The van der Waals surface area contributed by atoms with Crippen LogP contribution in [0.3, 0.4) is 0 Å². The predicted octanol–water partition coefficient (Wildman–Crippen LogP) is 1.55. The molecule has 0 radical (unpaired) electrons. The van der Waals surface area contributed by atoms with E-state index in [9.17, 15) is 5.11 Å². The van der Waals surface area contributed by atoms with E-state index in [0.717, 1.165) is 33.1 Å². The largest absolute Gasteiger partial charge is 0.394 e. The SMILES string of the molecule is Nc1nc2cc(-c3ccn[nH]3)ccc2c2c1cnn2CCO. The number of nitrogens with zero attached hydrogens (tertiary/aromatic N) is 4. The average Bonchev–Trinajstić information content (AvgIpc) is 3.17. The van der Waals surface area contributed by atoms with E-state index in [1.54, 1.807) is 17.1 Å². The molecule has 0 unspecified atom stereocenters. The number of pyridine rings is 1. The molecule has 0 atom stereocenters. The van der Waals surface area contributed by atoms with E-state index in [1.807, 2.05) is 24.3 Å². The second-order valence-corrected chi connectivity index (χ2v) is 5.05. The molecule has 0 aliphatic carbocycles. The highest BCUT2D eigenvalue weighted by molar-refractivity contribution is 6.08. The van der Waals surface area contributed by atoms with Gasteiger partial charge in [-0.1, -0.05) is 6.07 Å². The maximum absolute atomic E-state index is 9.19. The van der Waals surface area contributed by atoms with Crippen LogP contribution in [0.4, 0.5) is 5.82 Å². The molecule has 3 aromatic heterocycles. The number of nitrogens with two attached hydrogens (primary N) is 1. The molecule has 0 aliphatic rings. The van der Waals surface area contributed by atoms with Crippen LogP contribution < -0.4 is 5.73 Å². The van der Waals surface area contributed by atoms with Gasteiger partial charge in [0.15, 0.2) is 0 Å². The van der Waals surface area contributed by atoms with Crippen molar-refractivity contribution in [1.29, 1.82) is 0 Å². The molecule has 0 fully saturated rings. The van der Waals surface area contributed by atoms with Gasteiger partial charge in [0.2, 0.25) is 0 Å². The molecule has 22 heavy (non-hydrogen) atoms. The minimum atomic E-state index is 0.0206. The number of aromatic amines is 1. The van der Waals surface area contributed by atoms with Crippen LogP contribution in [0.15, 0.2) is 36.7 Å². The summed E-state index contributed by atoms with van der Waals surface area (Å²) in [5.74, 6) is 0.438. The fourth-order valence-corrected chi connectivity index (χ4v) is 2.72. The van der Waals surface area contributed by atoms with Crippen LogP contribution in [0.2, 0.25) is 0 Å². The fourth-order valence-electron chi connectivity index (χ4n) is 2.72. The maximum atomic E-state index is 9.19. The zero-order valence-electron chi connectivity index (χ0n) is 11.7. The van der Waals surface area contributed by atoms with E-state index in [2.05, 4.69) is 20.3 Å². The summed E-state index contributed by atoms with van der Waals surface area (Å²) in [5, 5.41) is 22.1. The van der Waals surface area contributed by atoms with Crippen molar-refractivity contribution >= 4 is 27.6 Å². The third-order valence-corrected chi connectivity index (χ3v) is 3.73. The molecule has 0 amide bonds. The smallest absolute Gasteiger partial charge is 0.135 e. The highest BCUT2D eigenvalue weighted by Gasteiger charge is 2.12. The van der Waals surface area contributed by atoms with Gasteiger partial charge >= 0.3 is 0 Å². The van der Waals surface area contributed by atoms with Crippen molar-refractivity contribution in [3.05, 3.63) is 36.7 Å². The molecule has 7 nitrogen and oxygen atoms in total. The summed E-state index contributed by atoms with van der Waals surface area (Å²) in [4.78, 5) is 4.48. The normalized spacial score (nSPS) is 11.5. The van der Waals surface area contributed by atoms with Gasteiger partial charge in [-0.05, 0) is 18.2 Å². The molecule has 1 aromatic carbocycles. The first-order valence-electron chi connectivity index (χ1n) is 6.93. The molecule has 0 saturated heterocycles. The summed E-state index contributed by atoms with van der Waals surface area (Å²) in [6.45, 7) is 0.442. The van der Waals surface area contributed by atoms with E-state index in [0.29, 0.717) is 12.4 Å². The number of nitrogen functional groups attached to an aromatic ring is 1. The Hall–Kier alpha value is -2.93. The molecule has 7 heteroatoms. The lowest BCUT2D eigenvalue weighted by molar-refractivity contribution is 0.272. The average molecular weight is 294 g/mol. The number of aliphatic hydroxyl groups is 1. The molecular formula is C15H14N6O. The van der Waals surface area contributed by atoms with E-state index in [-0.39, 0.29) is 6.61 Å². The Morgan fingerprint density at radius 2 is 2.14 bits per heavy atom. The van der Waals surface area contributed by atoms with Gasteiger partial charge in [-0.3, -0.25) is 9.78 Å². The van der Waals surface area contributed by atoms with Crippen LogP contribution in [-0.4, -0.2) is 36.7 Å². The van der Waals surface area contributed by atoms with Gasteiger partial charge in [-0.2, -0.15) is 10.2 Å². The number of hydrogen-bond donors (Lipinski definition) is 3. The van der Waals surface area contributed by atoms with Crippen molar-refractivity contribution < 1.29 is 5.11 Å². The summed E-state index contributed by atoms with van der Waals surface area (Å²) in [5.41, 5.74) is 9.65. The Labute approximate surface area is 125 Å². The molecular weight excluding hydrogens is 280 g/mol. The summed E-state index contributed by atoms with van der Waals surface area (Å²) in [7, 11) is 0. The minimum Gasteiger partial charge on any atom is -0.394 e. The third-order valence-electron chi connectivity index (χ3n) is 3.73. The fraction of sp³-hybridized carbons (Fsp3) is 0.133. The Balaban J connectivity index is 2.02. The lowest BCUT2D eigenvalue weighted by atomic mass is 10.1. The number of benzene rings is 1. The standard InChI is InChI=1S/C15H14N6O/c16-15-11-8-18-21(5-6-22)14(11)10-2-1-9(7-13(10)19-15)12-3-4-17-20-12/h1-4,7-8,22H,5-6H2,(H2,16,19)(H,17,20). The lowest BCUT2D eigenvalue weighted by Gasteiger charge is -2.07. The van der Waals surface area contributed by atoms with Crippen LogP contribution in [0, 0.1) is 0 Å².